The molecule has 1 heterocycles. The minimum Gasteiger partial charge on any atom is -0.249 e. The van der Waals surface area contributed by atoms with Crippen LogP contribution < -0.4 is 0 Å². The van der Waals surface area contributed by atoms with Crippen LogP contribution in [-0.4, -0.2) is 4.98 Å². The second kappa shape index (κ2) is 2.59. The maximum Gasteiger partial charge on any atom is 0.109 e. The molecule has 2 rings (SSSR count). The standard InChI is InChI=1S/C9H10BrN/c1-6-4-5-11-9(10)8(6)7-2-3-7/h4-5,7H,2-3H2,1H3. The first kappa shape index (κ1) is 7.29. The third kappa shape index (κ3) is 1.32. The van der Waals surface area contributed by atoms with Gasteiger partial charge in [-0.05, 0) is 58.8 Å². The predicted molar refractivity (Wildman–Crippen MR) is 48.6 cm³/mol. The van der Waals surface area contributed by atoms with E-state index in [1.807, 2.05) is 6.20 Å². The highest BCUT2D eigenvalue weighted by molar-refractivity contribution is 9.10. The highest BCUT2D eigenvalue weighted by Crippen LogP contribution is 2.43. The third-order valence-corrected chi connectivity index (χ3v) is 2.78. The Morgan fingerprint density at radius 2 is 2.27 bits per heavy atom. The Kier molecular flexibility index (Phi) is 1.72. The van der Waals surface area contributed by atoms with Gasteiger partial charge in [0.05, 0.1) is 0 Å². The largest absolute Gasteiger partial charge is 0.249 e. The zero-order chi connectivity index (χ0) is 7.84. The summed E-state index contributed by atoms with van der Waals surface area (Å²) in [6.45, 7) is 2.15. The van der Waals surface area contributed by atoms with E-state index in [1.165, 1.54) is 24.0 Å². The lowest BCUT2D eigenvalue weighted by atomic mass is 10.1. The van der Waals surface area contributed by atoms with Crippen molar-refractivity contribution in [2.45, 2.75) is 25.7 Å². The molecular weight excluding hydrogens is 202 g/mol. The molecule has 1 aromatic heterocycles. The van der Waals surface area contributed by atoms with Crippen LogP contribution in [0.4, 0.5) is 0 Å². The van der Waals surface area contributed by atoms with E-state index in [0.717, 1.165) is 10.5 Å². The average Bonchev–Trinajstić information content (AvgIpc) is 2.70. The lowest BCUT2D eigenvalue weighted by Gasteiger charge is -2.04. The zero-order valence-electron chi connectivity index (χ0n) is 6.47. The summed E-state index contributed by atoms with van der Waals surface area (Å²) in [4.78, 5) is 4.22. The van der Waals surface area contributed by atoms with Crippen LogP contribution >= 0.6 is 15.9 Å². The van der Waals surface area contributed by atoms with E-state index in [0.29, 0.717) is 0 Å². The highest BCUT2D eigenvalue weighted by atomic mass is 79.9. The summed E-state index contributed by atoms with van der Waals surface area (Å²) in [7, 11) is 0. The number of rotatable bonds is 1. The average molecular weight is 212 g/mol. The van der Waals surface area contributed by atoms with Crippen LogP contribution in [0.5, 0.6) is 0 Å². The summed E-state index contributed by atoms with van der Waals surface area (Å²) in [6, 6.07) is 2.08. The van der Waals surface area contributed by atoms with Gasteiger partial charge in [0, 0.05) is 6.20 Å². The van der Waals surface area contributed by atoms with Gasteiger partial charge in [-0.1, -0.05) is 0 Å². The summed E-state index contributed by atoms with van der Waals surface area (Å²) in [5, 5.41) is 0. The first-order valence-electron chi connectivity index (χ1n) is 3.90. The van der Waals surface area contributed by atoms with Gasteiger partial charge in [-0.15, -0.1) is 0 Å². The van der Waals surface area contributed by atoms with Gasteiger partial charge in [0.2, 0.25) is 0 Å². The predicted octanol–water partition coefficient (Wildman–Crippen LogP) is 3.03. The maximum atomic E-state index is 4.22. The smallest absolute Gasteiger partial charge is 0.109 e. The fourth-order valence-corrected chi connectivity index (χ4v) is 2.15. The van der Waals surface area contributed by atoms with Gasteiger partial charge < -0.3 is 0 Å². The van der Waals surface area contributed by atoms with E-state index in [2.05, 4.69) is 33.9 Å². The van der Waals surface area contributed by atoms with Crippen molar-refractivity contribution in [3.63, 3.8) is 0 Å². The lowest BCUT2D eigenvalue weighted by molar-refractivity contribution is 1.04. The van der Waals surface area contributed by atoms with Crippen molar-refractivity contribution in [2.24, 2.45) is 0 Å². The van der Waals surface area contributed by atoms with Gasteiger partial charge in [0.15, 0.2) is 0 Å². The molecule has 0 unspecified atom stereocenters. The minimum atomic E-state index is 0.790. The Bertz CT molecular complexity index is 259. The second-order valence-corrected chi connectivity index (χ2v) is 3.86. The quantitative estimate of drug-likeness (QED) is 0.652. The lowest BCUT2D eigenvalue weighted by Crippen LogP contribution is -1.89. The summed E-state index contributed by atoms with van der Waals surface area (Å²) in [5.41, 5.74) is 2.79. The number of halogens is 1. The van der Waals surface area contributed by atoms with Gasteiger partial charge in [-0.25, -0.2) is 4.98 Å². The third-order valence-electron chi connectivity index (χ3n) is 2.15. The van der Waals surface area contributed by atoms with Crippen LogP contribution in [0.25, 0.3) is 0 Å². The van der Waals surface area contributed by atoms with Gasteiger partial charge in [0.1, 0.15) is 4.60 Å². The Balaban J connectivity index is 2.48. The van der Waals surface area contributed by atoms with Gasteiger partial charge >= 0.3 is 0 Å². The van der Waals surface area contributed by atoms with E-state index in [1.54, 1.807) is 0 Å². The van der Waals surface area contributed by atoms with Crippen LogP contribution in [0.3, 0.4) is 0 Å². The van der Waals surface area contributed by atoms with Crippen LogP contribution in [-0.2, 0) is 0 Å². The summed E-state index contributed by atoms with van der Waals surface area (Å²) < 4.78 is 1.04. The van der Waals surface area contributed by atoms with Crippen LogP contribution in [0, 0.1) is 6.92 Å². The molecule has 0 radical (unpaired) electrons. The molecule has 1 aromatic rings. The minimum absolute atomic E-state index is 0.790. The number of aryl methyl sites for hydroxylation is 1. The second-order valence-electron chi connectivity index (χ2n) is 3.11. The van der Waals surface area contributed by atoms with Crippen molar-refractivity contribution in [1.29, 1.82) is 0 Å². The Labute approximate surface area is 75.0 Å². The molecule has 1 nitrogen and oxygen atoms in total. The maximum absolute atomic E-state index is 4.22. The molecule has 0 bridgehead atoms. The monoisotopic (exact) mass is 211 g/mol. The van der Waals surface area contributed by atoms with Crippen molar-refractivity contribution in [2.75, 3.05) is 0 Å². The normalized spacial score (nSPS) is 16.9. The van der Waals surface area contributed by atoms with Crippen LogP contribution in [0.15, 0.2) is 16.9 Å². The van der Waals surface area contributed by atoms with E-state index < -0.39 is 0 Å². The van der Waals surface area contributed by atoms with Crippen LogP contribution in [0.2, 0.25) is 0 Å². The van der Waals surface area contributed by atoms with Gasteiger partial charge in [-0.2, -0.15) is 0 Å². The molecule has 1 aliphatic rings. The fourth-order valence-electron chi connectivity index (χ4n) is 1.40. The summed E-state index contributed by atoms with van der Waals surface area (Å²) in [6.07, 6.45) is 4.53. The van der Waals surface area contributed by atoms with E-state index in [4.69, 9.17) is 0 Å². The number of hydrogen-bond donors (Lipinski definition) is 0. The SMILES string of the molecule is Cc1ccnc(Br)c1C1CC1. The Morgan fingerprint density at radius 1 is 1.55 bits per heavy atom. The van der Waals surface area contributed by atoms with Crippen molar-refractivity contribution in [3.05, 3.63) is 28.0 Å². The first-order chi connectivity index (χ1) is 5.29. The summed E-state index contributed by atoms with van der Waals surface area (Å²) in [5.74, 6) is 0.790. The number of aromatic nitrogens is 1. The zero-order valence-corrected chi connectivity index (χ0v) is 8.06. The molecule has 1 fully saturated rings. The summed E-state index contributed by atoms with van der Waals surface area (Å²) >= 11 is 3.48. The van der Waals surface area contributed by atoms with E-state index in [9.17, 15) is 0 Å². The van der Waals surface area contributed by atoms with Crippen molar-refractivity contribution in [1.82, 2.24) is 4.98 Å². The molecule has 0 amide bonds. The Hall–Kier alpha value is -0.370. The Morgan fingerprint density at radius 3 is 2.82 bits per heavy atom. The van der Waals surface area contributed by atoms with E-state index >= 15 is 0 Å². The molecule has 58 valence electrons. The molecule has 11 heavy (non-hydrogen) atoms. The molecule has 1 aliphatic carbocycles. The van der Waals surface area contributed by atoms with Gasteiger partial charge in [-0.3, -0.25) is 0 Å². The molecule has 0 N–H and O–H groups in total. The molecule has 0 atom stereocenters. The molecule has 0 saturated heterocycles. The van der Waals surface area contributed by atoms with E-state index in [-0.39, 0.29) is 0 Å². The molecule has 2 heteroatoms. The first-order valence-corrected chi connectivity index (χ1v) is 4.69. The molecular formula is C9H10BrN. The van der Waals surface area contributed by atoms with Gasteiger partial charge in [0.25, 0.3) is 0 Å². The molecule has 0 aliphatic heterocycles. The number of pyridine rings is 1. The highest BCUT2D eigenvalue weighted by Gasteiger charge is 2.27. The van der Waals surface area contributed by atoms with Crippen molar-refractivity contribution >= 4 is 15.9 Å². The van der Waals surface area contributed by atoms with Crippen molar-refractivity contribution in [3.8, 4) is 0 Å². The molecule has 1 saturated carbocycles. The van der Waals surface area contributed by atoms with Crippen molar-refractivity contribution < 1.29 is 0 Å². The van der Waals surface area contributed by atoms with Crippen LogP contribution in [0.1, 0.15) is 29.9 Å². The fraction of sp³-hybridized carbons (Fsp3) is 0.444. The molecule has 0 aromatic carbocycles. The topological polar surface area (TPSA) is 12.9 Å². The number of nitrogens with zero attached hydrogens (tertiary/aromatic N) is 1. The number of hydrogen-bond acceptors (Lipinski definition) is 1. The molecule has 0 spiro atoms.